The van der Waals surface area contributed by atoms with Gasteiger partial charge in [-0.1, -0.05) is 20.3 Å². The van der Waals surface area contributed by atoms with Crippen molar-refractivity contribution in [1.82, 2.24) is 5.32 Å². The van der Waals surface area contributed by atoms with E-state index in [1.54, 1.807) is 0 Å². The second-order valence-corrected chi connectivity index (χ2v) is 4.24. The predicted molar refractivity (Wildman–Crippen MR) is 60.5 cm³/mol. The molecule has 0 aromatic heterocycles. The molecular formula is C11H22N2O2. The lowest BCUT2D eigenvalue weighted by atomic mass is 10.0. The van der Waals surface area contributed by atoms with Crippen LogP contribution in [0, 0.1) is 5.92 Å². The summed E-state index contributed by atoms with van der Waals surface area (Å²) >= 11 is 0. The Morgan fingerprint density at radius 2 is 1.87 bits per heavy atom. The van der Waals surface area contributed by atoms with E-state index in [1.165, 1.54) is 0 Å². The minimum Gasteiger partial charge on any atom is -0.352 e. The molecular weight excluding hydrogens is 192 g/mol. The van der Waals surface area contributed by atoms with Crippen LogP contribution in [0.1, 0.15) is 46.0 Å². The van der Waals surface area contributed by atoms with Gasteiger partial charge in [-0.3, -0.25) is 4.79 Å². The summed E-state index contributed by atoms with van der Waals surface area (Å²) in [6.45, 7) is 4.71. The molecule has 0 aromatic rings. The van der Waals surface area contributed by atoms with Gasteiger partial charge in [-0.15, -0.1) is 0 Å². The number of hydrogen-bond donors (Lipinski definition) is 2. The van der Waals surface area contributed by atoms with E-state index in [-0.39, 0.29) is 0 Å². The van der Waals surface area contributed by atoms with Gasteiger partial charge in [0.1, 0.15) is 5.78 Å². The number of primary amides is 1. The van der Waals surface area contributed by atoms with Crippen LogP contribution in [0.4, 0.5) is 4.79 Å². The molecule has 0 bridgehead atoms. The van der Waals surface area contributed by atoms with Crippen LogP contribution >= 0.6 is 0 Å². The maximum absolute atomic E-state index is 11.3. The molecule has 0 heterocycles. The third kappa shape index (κ3) is 10.9. The highest BCUT2D eigenvalue weighted by Gasteiger charge is 2.04. The van der Waals surface area contributed by atoms with E-state index in [2.05, 4.69) is 19.2 Å². The molecule has 0 rings (SSSR count). The van der Waals surface area contributed by atoms with E-state index in [9.17, 15) is 9.59 Å². The highest BCUT2D eigenvalue weighted by Crippen LogP contribution is 2.06. The number of amides is 2. The molecule has 3 N–H and O–H groups in total. The van der Waals surface area contributed by atoms with Crippen LogP contribution in [0.25, 0.3) is 0 Å². The van der Waals surface area contributed by atoms with Gasteiger partial charge in [-0.2, -0.15) is 0 Å². The van der Waals surface area contributed by atoms with Gasteiger partial charge in [-0.05, 0) is 18.8 Å². The molecule has 0 aliphatic carbocycles. The summed E-state index contributed by atoms with van der Waals surface area (Å²) in [5, 5.41) is 2.52. The Bertz CT molecular complexity index is 203. The number of urea groups is 1. The zero-order valence-corrected chi connectivity index (χ0v) is 9.71. The lowest BCUT2D eigenvalue weighted by Crippen LogP contribution is -2.29. The normalized spacial score (nSPS) is 10.3. The summed E-state index contributed by atoms with van der Waals surface area (Å²) in [5.41, 5.74) is 4.91. The fourth-order valence-corrected chi connectivity index (χ4v) is 1.39. The predicted octanol–water partition coefficient (Wildman–Crippen LogP) is 1.83. The fourth-order valence-electron chi connectivity index (χ4n) is 1.39. The van der Waals surface area contributed by atoms with Crippen molar-refractivity contribution in [3.8, 4) is 0 Å². The molecule has 4 nitrogen and oxygen atoms in total. The van der Waals surface area contributed by atoms with Crippen molar-refractivity contribution in [3.63, 3.8) is 0 Å². The SMILES string of the molecule is CC(C)CC(=O)CCCCCNC(N)=O. The first-order valence-electron chi connectivity index (χ1n) is 5.57. The highest BCUT2D eigenvalue weighted by atomic mass is 16.2. The average molecular weight is 214 g/mol. The molecule has 0 radical (unpaired) electrons. The van der Waals surface area contributed by atoms with Gasteiger partial charge in [0.05, 0.1) is 0 Å². The summed E-state index contributed by atoms with van der Waals surface area (Å²) in [6.07, 6.45) is 4.10. The molecule has 0 saturated heterocycles. The van der Waals surface area contributed by atoms with E-state index in [0.29, 0.717) is 31.1 Å². The minimum atomic E-state index is -0.481. The summed E-state index contributed by atoms with van der Waals surface area (Å²) < 4.78 is 0. The number of unbranched alkanes of at least 4 members (excludes halogenated alkanes) is 2. The van der Waals surface area contributed by atoms with Crippen molar-refractivity contribution < 1.29 is 9.59 Å². The molecule has 4 heteroatoms. The van der Waals surface area contributed by atoms with Gasteiger partial charge in [-0.25, -0.2) is 4.79 Å². The number of nitrogens with two attached hydrogens (primary N) is 1. The number of nitrogens with one attached hydrogen (secondary N) is 1. The zero-order chi connectivity index (χ0) is 11.7. The fraction of sp³-hybridized carbons (Fsp3) is 0.818. The molecule has 0 saturated carbocycles. The largest absolute Gasteiger partial charge is 0.352 e. The maximum Gasteiger partial charge on any atom is 0.312 e. The van der Waals surface area contributed by atoms with Crippen LogP contribution in [-0.4, -0.2) is 18.4 Å². The topological polar surface area (TPSA) is 72.2 Å². The van der Waals surface area contributed by atoms with Crippen LogP contribution in [0.5, 0.6) is 0 Å². The number of ketones is 1. The van der Waals surface area contributed by atoms with E-state index in [0.717, 1.165) is 19.3 Å². The first kappa shape index (κ1) is 13.9. The van der Waals surface area contributed by atoms with Gasteiger partial charge in [0, 0.05) is 19.4 Å². The second kappa shape index (κ2) is 8.26. The first-order valence-corrected chi connectivity index (χ1v) is 5.57. The standard InChI is InChI=1S/C11H22N2O2/c1-9(2)8-10(14)6-4-3-5-7-13-11(12)15/h9H,3-8H2,1-2H3,(H3,12,13,15). The van der Waals surface area contributed by atoms with Crippen LogP contribution in [0.3, 0.4) is 0 Å². The Morgan fingerprint density at radius 3 is 2.40 bits per heavy atom. The number of rotatable bonds is 8. The number of carbonyl (C=O) groups excluding carboxylic acids is 2. The van der Waals surface area contributed by atoms with Crippen LogP contribution in [0.15, 0.2) is 0 Å². The van der Waals surface area contributed by atoms with Gasteiger partial charge in [0.25, 0.3) is 0 Å². The molecule has 88 valence electrons. The third-order valence-electron chi connectivity index (χ3n) is 2.07. The third-order valence-corrected chi connectivity index (χ3v) is 2.07. The Balaban J connectivity index is 3.24. The monoisotopic (exact) mass is 214 g/mol. The highest BCUT2D eigenvalue weighted by molar-refractivity contribution is 5.78. The zero-order valence-electron chi connectivity index (χ0n) is 9.71. The quantitative estimate of drug-likeness (QED) is 0.605. The van der Waals surface area contributed by atoms with E-state index < -0.39 is 6.03 Å². The van der Waals surface area contributed by atoms with Gasteiger partial charge < -0.3 is 11.1 Å². The summed E-state index contributed by atoms with van der Waals surface area (Å²) in [7, 11) is 0. The lowest BCUT2D eigenvalue weighted by molar-refractivity contribution is -0.119. The number of hydrogen-bond acceptors (Lipinski definition) is 2. The Morgan fingerprint density at radius 1 is 1.20 bits per heavy atom. The van der Waals surface area contributed by atoms with Gasteiger partial charge >= 0.3 is 6.03 Å². The van der Waals surface area contributed by atoms with Crippen molar-refractivity contribution in [2.24, 2.45) is 11.7 Å². The molecule has 0 fully saturated rings. The van der Waals surface area contributed by atoms with E-state index in [1.807, 2.05) is 0 Å². The van der Waals surface area contributed by atoms with Gasteiger partial charge in [0.15, 0.2) is 0 Å². The molecule has 0 aliphatic rings. The first-order chi connectivity index (χ1) is 7.02. The summed E-state index contributed by atoms with van der Waals surface area (Å²) in [6, 6.07) is -0.481. The molecule has 0 aliphatic heterocycles. The smallest absolute Gasteiger partial charge is 0.312 e. The Kier molecular flexibility index (Phi) is 7.68. The van der Waals surface area contributed by atoms with Crippen molar-refractivity contribution in [2.75, 3.05) is 6.54 Å². The minimum absolute atomic E-state index is 0.341. The van der Waals surface area contributed by atoms with E-state index in [4.69, 9.17) is 5.73 Å². The molecule has 0 spiro atoms. The Hall–Kier alpha value is -1.06. The summed E-state index contributed by atoms with van der Waals surface area (Å²) in [4.78, 5) is 21.6. The van der Waals surface area contributed by atoms with Crippen molar-refractivity contribution in [1.29, 1.82) is 0 Å². The maximum atomic E-state index is 11.3. The van der Waals surface area contributed by atoms with E-state index >= 15 is 0 Å². The van der Waals surface area contributed by atoms with Crippen molar-refractivity contribution in [2.45, 2.75) is 46.0 Å². The van der Waals surface area contributed by atoms with Crippen LogP contribution < -0.4 is 11.1 Å². The average Bonchev–Trinajstić information content (AvgIpc) is 2.09. The van der Waals surface area contributed by atoms with Crippen LogP contribution in [-0.2, 0) is 4.79 Å². The van der Waals surface area contributed by atoms with Crippen LogP contribution in [0.2, 0.25) is 0 Å². The summed E-state index contributed by atoms with van der Waals surface area (Å²) in [5.74, 6) is 0.793. The van der Waals surface area contributed by atoms with Crippen molar-refractivity contribution >= 4 is 11.8 Å². The molecule has 0 aromatic carbocycles. The lowest BCUT2D eigenvalue weighted by Gasteiger charge is -2.04. The molecule has 2 amide bonds. The number of Topliss-reactive ketones (excluding diaryl/α,β-unsaturated/α-hetero) is 1. The molecule has 0 atom stereocenters. The van der Waals surface area contributed by atoms with Gasteiger partial charge in [0.2, 0.25) is 0 Å². The number of carbonyl (C=O) groups is 2. The molecule has 0 unspecified atom stereocenters. The second-order valence-electron chi connectivity index (χ2n) is 4.24. The molecule has 15 heavy (non-hydrogen) atoms. The van der Waals surface area contributed by atoms with Crippen molar-refractivity contribution in [3.05, 3.63) is 0 Å². The Labute approximate surface area is 91.6 Å².